The normalized spacial score (nSPS) is 19.7. The Morgan fingerprint density at radius 1 is 1.19 bits per heavy atom. The van der Waals surface area contributed by atoms with Crippen molar-refractivity contribution in [2.45, 2.75) is 32.1 Å². The van der Waals surface area contributed by atoms with E-state index in [1.165, 1.54) is 53.7 Å². The first-order valence-electron chi connectivity index (χ1n) is 12.7. The van der Waals surface area contributed by atoms with Crippen LogP contribution in [0.3, 0.4) is 0 Å². The zero-order valence-corrected chi connectivity index (χ0v) is 22.6. The lowest BCUT2D eigenvalue weighted by Crippen LogP contribution is -2.34. The number of hydrogen-bond acceptors (Lipinski definition) is 6. The molecule has 0 saturated carbocycles. The van der Waals surface area contributed by atoms with Gasteiger partial charge >= 0.3 is 0 Å². The molecule has 1 unspecified atom stereocenters. The molecule has 37 heavy (non-hydrogen) atoms. The molecular weight excluding hydrogens is 504 g/mol. The van der Waals surface area contributed by atoms with Gasteiger partial charge in [-0.05, 0) is 66.8 Å². The SMILES string of the molecule is CSn1ccc(C(=O)NCC(=O)Nc2nc(-c3cccc(/C4=C/CC(C5COC5)CCCC4)c3)cs2)c1. The summed E-state index contributed by atoms with van der Waals surface area (Å²) in [4.78, 5) is 29.3. The first-order valence-corrected chi connectivity index (χ1v) is 14.8. The molecule has 3 aromatic rings. The molecule has 2 aromatic heterocycles. The number of carbonyl (C=O) groups excluding carboxylic acids is 2. The summed E-state index contributed by atoms with van der Waals surface area (Å²) < 4.78 is 7.27. The Morgan fingerprint density at radius 3 is 2.84 bits per heavy atom. The zero-order valence-electron chi connectivity index (χ0n) is 20.9. The summed E-state index contributed by atoms with van der Waals surface area (Å²) in [6, 6.07) is 10.3. The van der Waals surface area contributed by atoms with Gasteiger partial charge in [-0.2, -0.15) is 0 Å². The van der Waals surface area contributed by atoms with Crippen LogP contribution in [0.2, 0.25) is 0 Å². The highest BCUT2D eigenvalue weighted by Gasteiger charge is 2.28. The van der Waals surface area contributed by atoms with Gasteiger partial charge in [0.1, 0.15) is 0 Å². The maximum atomic E-state index is 12.4. The highest BCUT2D eigenvalue weighted by molar-refractivity contribution is 7.97. The summed E-state index contributed by atoms with van der Waals surface area (Å²) in [5.41, 5.74) is 5.05. The predicted octanol–water partition coefficient (Wildman–Crippen LogP) is 5.72. The molecule has 1 atom stereocenters. The van der Waals surface area contributed by atoms with Crippen LogP contribution in [0.25, 0.3) is 16.8 Å². The summed E-state index contributed by atoms with van der Waals surface area (Å²) in [7, 11) is 0. The summed E-state index contributed by atoms with van der Waals surface area (Å²) in [5.74, 6) is 0.869. The van der Waals surface area contributed by atoms with Crippen LogP contribution in [-0.2, 0) is 9.53 Å². The number of ether oxygens (including phenoxy) is 1. The van der Waals surface area contributed by atoms with Crippen molar-refractivity contribution in [3.05, 3.63) is 65.3 Å². The molecule has 0 bridgehead atoms. The molecular formula is C28H32N4O3S2. The maximum absolute atomic E-state index is 12.4. The minimum Gasteiger partial charge on any atom is -0.381 e. The van der Waals surface area contributed by atoms with Crippen molar-refractivity contribution in [3.63, 3.8) is 0 Å². The molecule has 9 heteroatoms. The molecule has 1 saturated heterocycles. The fraction of sp³-hybridized carbons (Fsp3) is 0.393. The number of nitrogens with zero attached hydrogens (tertiary/aromatic N) is 2. The number of thiazole rings is 1. The van der Waals surface area contributed by atoms with Crippen LogP contribution >= 0.6 is 23.3 Å². The fourth-order valence-electron chi connectivity index (χ4n) is 4.84. The average molecular weight is 537 g/mol. The quantitative estimate of drug-likeness (QED) is 0.385. The van der Waals surface area contributed by atoms with Crippen molar-refractivity contribution in [1.29, 1.82) is 0 Å². The lowest BCUT2D eigenvalue weighted by molar-refractivity contribution is -0.115. The van der Waals surface area contributed by atoms with Crippen molar-refractivity contribution in [2.75, 3.05) is 31.3 Å². The highest BCUT2D eigenvalue weighted by Crippen LogP contribution is 2.35. The van der Waals surface area contributed by atoms with Crippen LogP contribution in [0, 0.1) is 11.8 Å². The lowest BCUT2D eigenvalue weighted by atomic mass is 9.81. The van der Waals surface area contributed by atoms with E-state index in [0.29, 0.717) is 10.7 Å². The van der Waals surface area contributed by atoms with Crippen molar-refractivity contribution >= 4 is 45.8 Å². The number of amides is 2. The number of nitrogens with one attached hydrogen (secondary N) is 2. The van der Waals surface area contributed by atoms with E-state index >= 15 is 0 Å². The van der Waals surface area contributed by atoms with Crippen molar-refractivity contribution < 1.29 is 14.3 Å². The third-order valence-electron chi connectivity index (χ3n) is 7.10. The first-order chi connectivity index (χ1) is 18.1. The zero-order chi connectivity index (χ0) is 25.6. The maximum Gasteiger partial charge on any atom is 0.253 e. The fourth-order valence-corrected chi connectivity index (χ4v) is 5.98. The van der Waals surface area contributed by atoms with Gasteiger partial charge in [-0.3, -0.25) is 13.6 Å². The van der Waals surface area contributed by atoms with Crippen LogP contribution in [0.4, 0.5) is 5.13 Å². The Labute approximate surface area is 225 Å². The van der Waals surface area contributed by atoms with Crippen LogP contribution in [0.5, 0.6) is 0 Å². The van der Waals surface area contributed by atoms with Crippen molar-refractivity contribution in [2.24, 2.45) is 11.8 Å². The second-order valence-electron chi connectivity index (χ2n) is 9.56. The van der Waals surface area contributed by atoms with Gasteiger partial charge in [-0.15, -0.1) is 11.3 Å². The topological polar surface area (TPSA) is 85.3 Å². The van der Waals surface area contributed by atoms with Gasteiger partial charge in [0, 0.05) is 35.5 Å². The van der Waals surface area contributed by atoms with Gasteiger partial charge in [-0.25, -0.2) is 4.98 Å². The largest absolute Gasteiger partial charge is 0.381 e. The highest BCUT2D eigenvalue weighted by atomic mass is 32.2. The number of aromatic nitrogens is 2. The molecule has 1 aliphatic heterocycles. The molecule has 194 valence electrons. The summed E-state index contributed by atoms with van der Waals surface area (Å²) in [5, 5.41) is 7.93. The molecule has 2 amide bonds. The number of allylic oxidation sites excluding steroid dienone is 2. The number of carbonyl (C=O) groups is 2. The van der Waals surface area contributed by atoms with E-state index in [4.69, 9.17) is 4.74 Å². The molecule has 1 aliphatic carbocycles. The second kappa shape index (κ2) is 12.1. The van der Waals surface area contributed by atoms with Gasteiger partial charge in [0.05, 0.1) is 31.0 Å². The second-order valence-corrected chi connectivity index (χ2v) is 11.2. The molecule has 1 aromatic carbocycles. The lowest BCUT2D eigenvalue weighted by Gasteiger charge is -2.34. The Kier molecular flexibility index (Phi) is 8.43. The first kappa shape index (κ1) is 25.8. The van der Waals surface area contributed by atoms with Crippen LogP contribution < -0.4 is 10.6 Å². The Morgan fingerprint density at radius 2 is 2.05 bits per heavy atom. The molecule has 5 rings (SSSR count). The third kappa shape index (κ3) is 6.52. The van der Waals surface area contributed by atoms with Gasteiger partial charge in [0.25, 0.3) is 5.91 Å². The molecule has 7 nitrogen and oxygen atoms in total. The molecule has 2 aliphatic rings. The van der Waals surface area contributed by atoms with Gasteiger partial charge in [0.15, 0.2) is 5.13 Å². The monoisotopic (exact) mass is 536 g/mol. The van der Waals surface area contributed by atoms with Gasteiger partial charge < -0.3 is 15.4 Å². The third-order valence-corrected chi connectivity index (χ3v) is 8.50. The molecule has 0 spiro atoms. The van der Waals surface area contributed by atoms with Crippen LogP contribution in [0.15, 0.2) is 54.2 Å². The minimum absolute atomic E-state index is 0.115. The van der Waals surface area contributed by atoms with Crippen molar-refractivity contribution in [3.8, 4) is 11.3 Å². The number of benzene rings is 1. The summed E-state index contributed by atoms with van der Waals surface area (Å²) in [6.07, 6.45) is 13.9. The Bertz CT molecular complexity index is 1280. The van der Waals surface area contributed by atoms with Crippen LogP contribution in [0.1, 0.15) is 48.0 Å². The number of anilines is 1. The van der Waals surface area contributed by atoms with Crippen LogP contribution in [-0.4, -0.2) is 46.8 Å². The molecule has 3 heterocycles. The molecule has 2 N–H and O–H groups in total. The molecule has 1 fully saturated rings. The Balaban J connectivity index is 1.19. The predicted molar refractivity (Wildman–Crippen MR) is 151 cm³/mol. The van der Waals surface area contributed by atoms with E-state index in [-0.39, 0.29) is 18.4 Å². The summed E-state index contributed by atoms with van der Waals surface area (Å²) in [6.45, 7) is 1.73. The molecule has 0 radical (unpaired) electrons. The standard InChI is InChI=1S/C28H32N4O3S2/c1-36-32-12-11-23(15-32)27(34)29-14-26(33)31-28-30-25(18-37-28)22-8-4-7-21(13-22)19-5-2-3-6-20(10-9-19)24-16-35-17-24/h4,7-9,11-13,15,18,20,24H,2-3,5-6,10,14,16-17H2,1H3,(H,29,34)(H,30,31,33)/b19-9+. The summed E-state index contributed by atoms with van der Waals surface area (Å²) >= 11 is 2.87. The van der Waals surface area contributed by atoms with Crippen molar-refractivity contribution in [1.82, 2.24) is 14.3 Å². The number of hydrogen-bond donors (Lipinski definition) is 2. The van der Waals surface area contributed by atoms with Gasteiger partial charge in [-0.1, -0.05) is 30.7 Å². The van der Waals surface area contributed by atoms with E-state index in [1.807, 2.05) is 15.6 Å². The minimum atomic E-state index is -0.307. The van der Waals surface area contributed by atoms with E-state index in [9.17, 15) is 9.59 Å². The smallest absolute Gasteiger partial charge is 0.253 e. The Hall–Kier alpha value is -2.88. The van der Waals surface area contributed by atoms with E-state index < -0.39 is 0 Å². The van der Waals surface area contributed by atoms with E-state index in [0.717, 1.165) is 49.1 Å². The van der Waals surface area contributed by atoms with Gasteiger partial charge in [0.2, 0.25) is 5.91 Å². The van der Waals surface area contributed by atoms with E-state index in [2.05, 4.69) is 46.0 Å². The van der Waals surface area contributed by atoms with E-state index in [1.54, 1.807) is 18.5 Å². The average Bonchev–Trinajstić information content (AvgIpc) is 3.53. The number of rotatable bonds is 8.